The Hall–Kier alpha value is -2.71. The molecule has 1 aliphatic carbocycles. The highest BCUT2D eigenvalue weighted by molar-refractivity contribution is 5.96. The summed E-state index contributed by atoms with van der Waals surface area (Å²) in [5, 5.41) is 20.8. The number of anilines is 1. The SMILES string of the molecule is C=C(C=CCc1[nH]c(-c2[nH]ncc2NC(=O)C2CC2)nc1CC)CNCC.CC.CCO. The van der Waals surface area contributed by atoms with Gasteiger partial charge in [-0.2, -0.15) is 5.10 Å². The van der Waals surface area contributed by atoms with E-state index >= 15 is 0 Å². The van der Waals surface area contributed by atoms with Crippen LogP contribution in [0, 0.1) is 5.92 Å². The second kappa shape index (κ2) is 15.2. The van der Waals surface area contributed by atoms with E-state index in [2.05, 4.69) is 52.3 Å². The number of aryl methyl sites for hydroxylation is 1. The number of aliphatic hydroxyl groups is 1. The lowest BCUT2D eigenvalue weighted by atomic mass is 10.2. The van der Waals surface area contributed by atoms with Crippen LogP contribution in [-0.2, 0) is 17.6 Å². The number of nitrogens with zero attached hydrogens (tertiary/aromatic N) is 2. The summed E-state index contributed by atoms with van der Waals surface area (Å²) in [6.45, 7) is 15.9. The van der Waals surface area contributed by atoms with E-state index in [1.54, 1.807) is 13.1 Å². The number of rotatable bonds is 10. The normalized spacial score (nSPS) is 12.6. The maximum atomic E-state index is 12.1. The molecule has 0 spiro atoms. The van der Waals surface area contributed by atoms with Crippen LogP contribution in [0.5, 0.6) is 0 Å². The van der Waals surface area contributed by atoms with Crippen molar-refractivity contribution in [2.24, 2.45) is 5.92 Å². The van der Waals surface area contributed by atoms with Crippen molar-refractivity contribution in [1.29, 1.82) is 0 Å². The molecule has 1 aliphatic rings. The van der Waals surface area contributed by atoms with Gasteiger partial charge in [-0.05, 0) is 38.3 Å². The van der Waals surface area contributed by atoms with Gasteiger partial charge in [0, 0.05) is 31.2 Å². The van der Waals surface area contributed by atoms with E-state index < -0.39 is 0 Å². The monoisotopic (exact) mass is 444 g/mol. The molecule has 3 rings (SSSR count). The van der Waals surface area contributed by atoms with Gasteiger partial charge in [-0.3, -0.25) is 9.89 Å². The lowest BCUT2D eigenvalue weighted by Gasteiger charge is -2.03. The molecule has 2 aromatic heterocycles. The number of imidazole rings is 1. The fourth-order valence-electron chi connectivity index (χ4n) is 2.85. The van der Waals surface area contributed by atoms with Crippen molar-refractivity contribution in [3.63, 3.8) is 0 Å². The smallest absolute Gasteiger partial charge is 0.227 e. The van der Waals surface area contributed by atoms with E-state index in [4.69, 9.17) is 10.1 Å². The molecular formula is C24H40N6O2. The third-order valence-corrected chi connectivity index (χ3v) is 4.56. The van der Waals surface area contributed by atoms with Crippen molar-refractivity contribution >= 4 is 11.6 Å². The zero-order valence-electron chi connectivity index (χ0n) is 20.2. The Morgan fingerprint density at radius 3 is 2.59 bits per heavy atom. The molecule has 2 heterocycles. The van der Waals surface area contributed by atoms with Crippen LogP contribution in [0.15, 0.2) is 30.5 Å². The lowest BCUT2D eigenvalue weighted by molar-refractivity contribution is -0.117. The summed E-state index contributed by atoms with van der Waals surface area (Å²) >= 11 is 0. The molecule has 0 radical (unpaired) electrons. The van der Waals surface area contributed by atoms with E-state index in [0.717, 1.165) is 55.7 Å². The van der Waals surface area contributed by atoms with Gasteiger partial charge in [0.05, 0.1) is 17.6 Å². The maximum absolute atomic E-state index is 12.1. The van der Waals surface area contributed by atoms with Gasteiger partial charge in [-0.15, -0.1) is 0 Å². The first-order valence-corrected chi connectivity index (χ1v) is 11.6. The summed E-state index contributed by atoms with van der Waals surface area (Å²) in [7, 11) is 0. The minimum atomic E-state index is 0.0577. The summed E-state index contributed by atoms with van der Waals surface area (Å²) in [6.07, 6.45) is 9.28. The molecule has 0 atom stereocenters. The second-order valence-corrected chi connectivity index (χ2v) is 7.15. The Balaban J connectivity index is 0.000000944. The number of aliphatic hydroxyl groups excluding tert-OH is 1. The van der Waals surface area contributed by atoms with Gasteiger partial charge in [0.15, 0.2) is 5.82 Å². The van der Waals surface area contributed by atoms with E-state index in [0.29, 0.717) is 17.2 Å². The number of H-pyrrole nitrogens is 2. The first-order valence-electron chi connectivity index (χ1n) is 11.6. The van der Waals surface area contributed by atoms with Gasteiger partial charge < -0.3 is 20.7 Å². The molecular weight excluding hydrogens is 404 g/mol. The van der Waals surface area contributed by atoms with E-state index in [1.165, 1.54) is 0 Å². The number of hydrogen-bond acceptors (Lipinski definition) is 5. The average molecular weight is 445 g/mol. The van der Waals surface area contributed by atoms with E-state index in [1.807, 2.05) is 19.9 Å². The molecule has 0 aliphatic heterocycles. The lowest BCUT2D eigenvalue weighted by Crippen LogP contribution is -2.14. The first kappa shape index (κ1) is 27.3. The van der Waals surface area contributed by atoms with Crippen LogP contribution in [0.1, 0.15) is 58.8 Å². The molecule has 0 aromatic carbocycles. The van der Waals surface area contributed by atoms with Gasteiger partial charge >= 0.3 is 0 Å². The summed E-state index contributed by atoms with van der Waals surface area (Å²) in [5.41, 5.74) is 4.51. The van der Waals surface area contributed by atoms with Crippen LogP contribution in [0.4, 0.5) is 5.69 Å². The Morgan fingerprint density at radius 1 is 1.31 bits per heavy atom. The number of likely N-dealkylation sites (N-methyl/N-ethyl adjacent to an activating group) is 1. The number of carbonyl (C=O) groups excluding carboxylic acids is 1. The fraction of sp³-hybridized carbons (Fsp3) is 0.542. The Kier molecular flexibility index (Phi) is 12.9. The van der Waals surface area contributed by atoms with E-state index in [-0.39, 0.29) is 18.4 Å². The van der Waals surface area contributed by atoms with Crippen molar-refractivity contribution in [3.8, 4) is 11.5 Å². The standard InChI is InChI=1S/C20H28N6O.C2H6O.C2H6/c1-4-15-16(8-6-7-13(3)11-21-5-2)24-19(23-15)18-17(12-22-26-18)25-20(27)14-9-10-14;1-2-3;1-2/h6-7,12,14,21H,3-5,8-11H2,1-2H3,(H,22,26)(H,23,24)(H,25,27);3H,2H2,1H3;1-2H3. The maximum Gasteiger partial charge on any atom is 0.227 e. The number of hydrogen-bond donors (Lipinski definition) is 5. The molecule has 1 fully saturated rings. The van der Waals surface area contributed by atoms with Crippen molar-refractivity contribution < 1.29 is 9.90 Å². The quantitative estimate of drug-likeness (QED) is 0.355. The van der Waals surface area contributed by atoms with Crippen molar-refractivity contribution in [3.05, 3.63) is 41.9 Å². The Labute approximate surface area is 192 Å². The molecule has 32 heavy (non-hydrogen) atoms. The molecule has 1 saturated carbocycles. The minimum Gasteiger partial charge on any atom is -0.397 e. The summed E-state index contributed by atoms with van der Waals surface area (Å²) in [6, 6.07) is 0. The molecule has 178 valence electrons. The van der Waals surface area contributed by atoms with Crippen LogP contribution in [0.25, 0.3) is 11.5 Å². The van der Waals surface area contributed by atoms with Crippen LogP contribution in [-0.4, -0.2) is 50.9 Å². The number of aromatic nitrogens is 4. The topological polar surface area (TPSA) is 119 Å². The van der Waals surface area contributed by atoms with Crippen molar-refractivity contribution in [2.45, 2.75) is 60.3 Å². The van der Waals surface area contributed by atoms with Gasteiger partial charge in [0.25, 0.3) is 0 Å². The van der Waals surface area contributed by atoms with Crippen LogP contribution in [0.3, 0.4) is 0 Å². The number of aromatic amines is 2. The molecule has 8 nitrogen and oxygen atoms in total. The number of allylic oxidation sites excluding steroid dienone is 1. The Bertz CT molecular complexity index is 849. The molecule has 0 saturated heterocycles. The predicted molar refractivity (Wildman–Crippen MR) is 132 cm³/mol. The highest BCUT2D eigenvalue weighted by Gasteiger charge is 2.30. The molecule has 1 amide bonds. The van der Waals surface area contributed by atoms with Crippen LogP contribution >= 0.6 is 0 Å². The molecule has 0 bridgehead atoms. The third-order valence-electron chi connectivity index (χ3n) is 4.56. The van der Waals surface area contributed by atoms with Crippen molar-refractivity contribution in [1.82, 2.24) is 25.5 Å². The van der Waals surface area contributed by atoms with Gasteiger partial charge in [-0.1, -0.05) is 46.4 Å². The predicted octanol–water partition coefficient (Wildman–Crippen LogP) is 4.00. The third kappa shape index (κ3) is 8.80. The molecule has 2 aromatic rings. The van der Waals surface area contributed by atoms with Crippen molar-refractivity contribution in [2.75, 3.05) is 25.0 Å². The minimum absolute atomic E-state index is 0.0577. The summed E-state index contributed by atoms with van der Waals surface area (Å²) < 4.78 is 0. The summed E-state index contributed by atoms with van der Waals surface area (Å²) in [5.74, 6) is 0.902. The van der Waals surface area contributed by atoms with Crippen LogP contribution < -0.4 is 10.6 Å². The summed E-state index contributed by atoms with van der Waals surface area (Å²) in [4.78, 5) is 20.1. The van der Waals surface area contributed by atoms with E-state index in [9.17, 15) is 4.79 Å². The second-order valence-electron chi connectivity index (χ2n) is 7.15. The first-order chi connectivity index (χ1) is 15.5. The highest BCUT2D eigenvalue weighted by Crippen LogP contribution is 2.32. The zero-order chi connectivity index (χ0) is 23.9. The van der Waals surface area contributed by atoms with Crippen LogP contribution in [0.2, 0.25) is 0 Å². The zero-order valence-corrected chi connectivity index (χ0v) is 20.2. The van der Waals surface area contributed by atoms with Gasteiger partial charge in [0.2, 0.25) is 5.91 Å². The van der Waals surface area contributed by atoms with Gasteiger partial charge in [0.1, 0.15) is 5.69 Å². The number of carbonyl (C=O) groups is 1. The average Bonchev–Trinajstić information content (AvgIpc) is 3.43. The number of nitrogens with one attached hydrogen (secondary N) is 4. The fourth-order valence-corrected chi connectivity index (χ4v) is 2.85. The Morgan fingerprint density at radius 2 is 2.00 bits per heavy atom. The molecule has 8 heteroatoms. The number of amides is 1. The molecule has 5 N–H and O–H groups in total. The highest BCUT2D eigenvalue weighted by atomic mass is 16.2. The largest absolute Gasteiger partial charge is 0.397 e. The van der Waals surface area contributed by atoms with Gasteiger partial charge in [-0.25, -0.2) is 4.98 Å². The molecule has 0 unspecified atom stereocenters.